The van der Waals surface area contributed by atoms with Crippen LogP contribution in [0.15, 0.2) is 30.3 Å². The van der Waals surface area contributed by atoms with E-state index in [1.54, 1.807) is 20.8 Å². The minimum absolute atomic E-state index is 0.0329. The van der Waals surface area contributed by atoms with Gasteiger partial charge in [-0.05, 0) is 19.9 Å². The van der Waals surface area contributed by atoms with E-state index in [2.05, 4.69) is 20.2 Å². The van der Waals surface area contributed by atoms with E-state index >= 15 is 0 Å². The first-order valence-electron chi connectivity index (χ1n) is 11.5. The molecule has 5 rings (SSSR count). The standard InChI is InChI=1S/C25H26F3N5O2/c1-13(17-5-4-6-18(23(17)26)24(27)28)29-25-19-9-21-22(10-20(19)30-14(2)31-25)35-12-16-11-32(15(3)34)7-8-33(16)21/h4-6,9-10,13,16,24H,7-8,11-12H2,1-3H3,(H,29,30,31)/t13-,16?/m1/s1. The first-order valence-corrected chi connectivity index (χ1v) is 11.5. The number of carbonyl (C=O) groups excluding carboxylic acids is 1. The number of alkyl halides is 2. The Morgan fingerprint density at radius 3 is 2.71 bits per heavy atom. The molecule has 0 saturated carbocycles. The van der Waals surface area contributed by atoms with E-state index in [1.807, 2.05) is 17.0 Å². The van der Waals surface area contributed by atoms with Gasteiger partial charge in [-0.25, -0.2) is 23.1 Å². The summed E-state index contributed by atoms with van der Waals surface area (Å²) in [5.41, 5.74) is 1.05. The number of ether oxygens (including phenoxy) is 1. The quantitative estimate of drug-likeness (QED) is 0.582. The van der Waals surface area contributed by atoms with Gasteiger partial charge >= 0.3 is 0 Å². The highest BCUT2D eigenvalue weighted by molar-refractivity contribution is 5.94. The number of fused-ring (bicyclic) bond motifs is 4. The first-order chi connectivity index (χ1) is 16.7. The number of nitrogens with one attached hydrogen (secondary N) is 1. The van der Waals surface area contributed by atoms with Crippen LogP contribution in [0.1, 0.15) is 43.3 Å². The van der Waals surface area contributed by atoms with Gasteiger partial charge in [0, 0.05) is 43.6 Å². The molecule has 7 nitrogen and oxygen atoms in total. The second-order valence-electron chi connectivity index (χ2n) is 9.00. The molecule has 1 aromatic heterocycles. The molecule has 2 aromatic carbocycles. The number of hydrogen-bond acceptors (Lipinski definition) is 6. The smallest absolute Gasteiger partial charge is 0.266 e. The highest BCUT2D eigenvalue weighted by Crippen LogP contribution is 2.40. The zero-order valence-corrected chi connectivity index (χ0v) is 19.7. The third kappa shape index (κ3) is 4.21. The fourth-order valence-corrected chi connectivity index (χ4v) is 4.85. The monoisotopic (exact) mass is 485 g/mol. The summed E-state index contributed by atoms with van der Waals surface area (Å²) in [6.45, 7) is 7.37. The lowest BCUT2D eigenvalue weighted by atomic mass is 10.0. The number of carbonyl (C=O) groups is 1. The molecule has 0 bridgehead atoms. The maximum Gasteiger partial charge on any atom is 0.266 e. The fourth-order valence-electron chi connectivity index (χ4n) is 4.85. The maximum absolute atomic E-state index is 14.8. The molecule has 35 heavy (non-hydrogen) atoms. The number of nitrogens with zero attached hydrogens (tertiary/aromatic N) is 4. The molecule has 0 aliphatic carbocycles. The first kappa shape index (κ1) is 23.2. The van der Waals surface area contributed by atoms with Crippen molar-refractivity contribution in [2.45, 2.75) is 39.3 Å². The van der Waals surface area contributed by atoms with Gasteiger partial charge in [0.15, 0.2) is 0 Å². The van der Waals surface area contributed by atoms with Crippen LogP contribution in [0.3, 0.4) is 0 Å². The molecule has 2 aliphatic heterocycles. The molecule has 1 N–H and O–H groups in total. The zero-order chi connectivity index (χ0) is 24.9. The molecular formula is C25H26F3N5O2. The molecule has 1 saturated heterocycles. The molecule has 184 valence electrons. The van der Waals surface area contributed by atoms with Crippen LogP contribution in [-0.4, -0.2) is 53.1 Å². The van der Waals surface area contributed by atoms with E-state index in [0.29, 0.717) is 54.5 Å². The van der Waals surface area contributed by atoms with Gasteiger partial charge in [0.2, 0.25) is 5.91 Å². The minimum atomic E-state index is -2.90. The van der Waals surface area contributed by atoms with Crippen LogP contribution < -0.4 is 15.0 Å². The lowest BCUT2D eigenvalue weighted by Crippen LogP contribution is -2.58. The van der Waals surface area contributed by atoms with Crippen LogP contribution >= 0.6 is 0 Å². The van der Waals surface area contributed by atoms with Gasteiger partial charge in [0.1, 0.15) is 29.8 Å². The fraction of sp³-hybridized carbons (Fsp3) is 0.400. The summed E-state index contributed by atoms with van der Waals surface area (Å²) >= 11 is 0. The van der Waals surface area contributed by atoms with Gasteiger partial charge in [0.05, 0.1) is 28.9 Å². The summed E-state index contributed by atoms with van der Waals surface area (Å²) in [5, 5.41) is 3.91. The predicted octanol–water partition coefficient (Wildman–Crippen LogP) is 4.62. The number of hydrogen-bond donors (Lipinski definition) is 1. The number of anilines is 2. The zero-order valence-electron chi connectivity index (χ0n) is 19.7. The Bertz CT molecular complexity index is 1300. The number of piperazine rings is 1. The molecule has 0 spiro atoms. The Kier molecular flexibility index (Phi) is 5.90. The van der Waals surface area contributed by atoms with Crippen LogP contribution in [-0.2, 0) is 4.79 Å². The topological polar surface area (TPSA) is 70.6 Å². The van der Waals surface area contributed by atoms with E-state index in [4.69, 9.17) is 4.74 Å². The van der Waals surface area contributed by atoms with Crippen molar-refractivity contribution in [1.29, 1.82) is 0 Å². The van der Waals surface area contributed by atoms with E-state index in [0.717, 1.165) is 11.8 Å². The summed E-state index contributed by atoms with van der Waals surface area (Å²) in [6.07, 6.45) is -2.90. The molecule has 2 aliphatic rings. The number of benzene rings is 2. The summed E-state index contributed by atoms with van der Waals surface area (Å²) in [5.74, 6) is 0.820. The van der Waals surface area contributed by atoms with E-state index in [9.17, 15) is 18.0 Å². The van der Waals surface area contributed by atoms with Crippen molar-refractivity contribution in [3.63, 3.8) is 0 Å². The Morgan fingerprint density at radius 1 is 1.20 bits per heavy atom. The molecule has 0 radical (unpaired) electrons. The van der Waals surface area contributed by atoms with Crippen LogP contribution in [0.2, 0.25) is 0 Å². The second-order valence-corrected chi connectivity index (χ2v) is 9.00. The highest BCUT2D eigenvalue weighted by Gasteiger charge is 2.34. The Hall–Kier alpha value is -3.56. The van der Waals surface area contributed by atoms with Crippen molar-refractivity contribution in [2.75, 3.05) is 36.5 Å². The third-order valence-electron chi connectivity index (χ3n) is 6.67. The number of amides is 1. The van der Waals surface area contributed by atoms with Crippen LogP contribution in [0, 0.1) is 12.7 Å². The number of halogens is 3. The van der Waals surface area contributed by atoms with Crippen molar-refractivity contribution in [1.82, 2.24) is 14.9 Å². The van der Waals surface area contributed by atoms with Gasteiger partial charge in [-0.2, -0.15) is 0 Å². The average molecular weight is 486 g/mol. The second kappa shape index (κ2) is 8.90. The molecule has 1 fully saturated rings. The molecule has 3 heterocycles. The highest BCUT2D eigenvalue weighted by atomic mass is 19.3. The normalized spacial score (nSPS) is 18.2. The van der Waals surface area contributed by atoms with Crippen molar-refractivity contribution in [2.24, 2.45) is 0 Å². The lowest BCUT2D eigenvalue weighted by molar-refractivity contribution is -0.129. The van der Waals surface area contributed by atoms with E-state index < -0.39 is 23.8 Å². The summed E-state index contributed by atoms with van der Waals surface area (Å²) in [4.78, 5) is 25.0. The molecule has 3 aromatic rings. The van der Waals surface area contributed by atoms with E-state index in [-0.39, 0.29) is 17.5 Å². The lowest BCUT2D eigenvalue weighted by Gasteiger charge is -2.45. The van der Waals surface area contributed by atoms with Gasteiger partial charge in [0.25, 0.3) is 6.43 Å². The third-order valence-corrected chi connectivity index (χ3v) is 6.67. The minimum Gasteiger partial charge on any atom is -0.489 e. The van der Waals surface area contributed by atoms with Gasteiger partial charge in [-0.1, -0.05) is 18.2 Å². The average Bonchev–Trinajstić information content (AvgIpc) is 2.82. The largest absolute Gasteiger partial charge is 0.489 e. The number of aromatic nitrogens is 2. The van der Waals surface area contributed by atoms with Crippen LogP contribution in [0.5, 0.6) is 5.75 Å². The maximum atomic E-state index is 14.8. The van der Waals surface area contributed by atoms with Gasteiger partial charge in [-0.15, -0.1) is 0 Å². The Labute approximate surface area is 200 Å². The van der Waals surface area contributed by atoms with Crippen molar-refractivity contribution in [3.8, 4) is 5.75 Å². The molecule has 1 unspecified atom stereocenters. The van der Waals surface area contributed by atoms with Crippen molar-refractivity contribution in [3.05, 3.63) is 53.1 Å². The Balaban J connectivity index is 1.51. The van der Waals surface area contributed by atoms with Crippen LogP contribution in [0.25, 0.3) is 10.9 Å². The van der Waals surface area contributed by atoms with E-state index in [1.165, 1.54) is 12.1 Å². The van der Waals surface area contributed by atoms with Crippen LogP contribution in [0.4, 0.5) is 24.7 Å². The SMILES string of the molecule is CC(=O)N1CCN2c3cc4c(N[C@H](C)c5cccc(C(F)F)c5F)nc(C)nc4cc3OCC2C1. The summed E-state index contributed by atoms with van der Waals surface area (Å²) < 4.78 is 47.2. The summed E-state index contributed by atoms with van der Waals surface area (Å²) in [6, 6.07) is 7.23. The summed E-state index contributed by atoms with van der Waals surface area (Å²) in [7, 11) is 0. The van der Waals surface area contributed by atoms with Crippen molar-refractivity contribution >= 4 is 28.3 Å². The molecule has 10 heteroatoms. The Morgan fingerprint density at radius 2 is 1.97 bits per heavy atom. The van der Waals surface area contributed by atoms with Gasteiger partial charge in [-0.3, -0.25) is 4.79 Å². The van der Waals surface area contributed by atoms with Gasteiger partial charge < -0.3 is 19.9 Å². The molecule has 1 amide bonds. The van der Waals surface area contributed by atoms with Crippen molar-refractivity contribution < 1.29 is 22.7 Å². The molecular weight excluding hydrogens is 459 g/mol. The number of rotatable bonds is 4. The predicted molar refractivity (Wildman–Crippen MR) is 127 cm³/mol. The molecule has 2 atom stereocenters. The number of aryl methyl sites for hydroxylation is 1.